The van der Waals surface area contributed by atoms with E-state index in [1.807, 2.05) is 12.3 Å². The molecule has 36 heavy (non-hydrogen) atoms. The number of anilines is 1. The van der Waals surface area contributed by atoms with E-state index in [0.717, 1.165) is 9.80 Å². The van der Waals surface area contributed by atoms with Crippen LogP contribution in [0.15, 0.2) is 68.8 Å². The van der Waals surface area contributed by atoms with Crippen molar-refractivity contribution in [3.05, 3.63) is 75.4 Å². The number of hydrogen-bond acceptors (Lipinski definition) is 9. The predicted molar refractivity (Wildman–Crippen MR) is 137 cm³/mol. The normalized spacial score (nSPS) is 14.4. The second-order valence-electron chi connectivity index (χ2n) is 7.39. The lowest BCUT2D eigenvalue weighted by atomic mass is 10.1. The maximum atomic E-state index is 12.8. The van der Waals surface area contributed by atoms with Gasteiger partial charge in [0.15, 0.2) is 0 Å². The van der Waals surface area contributed by atoms with Gasteiger partial charge < -0.3 is 14.5 Å². The Balaban J connectivity index is 1.48. The van der Waals surface area contributed by atoms with Crippen molar-refractivity contribution >= 4 is 58.0 Å². The average Bonchev–Trinajstić information content (AvgIpc) is 3.43. The Morgan fingerprint density at radius 3 is 2.75 bits per heavy atom. The topological polar surface area (TPSA) is 132 Å². The third-order valence-corrected chi connectivity index (χ3v) is 6.73. The van der Waals surface area contributed by atoms with Crippen molar-refractivity contribution < 1.29 is 28.5 Å². The van der Waals surface area contributed by atoms with E-state index in [1.54, 1.807) is 24.3 Å². The fourth-order valence-electron chi connectivity index (χ4n) is 3.38. The second-order valence-corrected chi connectivity index (χ2v) is 9.26. The molecule has 184 valence electrons. The number of thioether (sulfide) groups is 2. The van der Waals surface area contributed by atoms with Crippen molar-refractivity contribution in [3.8, 4) is 17.1 Å². The lowest BCUT2D eigenvalue weighted by Crippen LogP contribution is -2.36. The van der Waals surface area contributed by atoms with Crippen LogP contribution in [-0.4, -0.2) is 46.8 Å². The number of nitro groups is 1. The van der Waals surface area contributed by atoms with Crippen LogP contribution in [0.3, 0.4) is 0 Å². The zero-order valence-corrected chi connectivity index (χ0v) is 20.7. The van der Waals surface area contributed by atoms with Crippen molar-refractivity contribution in [2.75, 3.05) is 25.2 Å². The van der Waals surface area contributed by atoms with Crippen LogP contribution in [0.4, 0.5) is 16.2 Å². The Labute approximate surface area is 213 Å². The minimum Gasteiger partial charge on any atom is -0.497 e. The van der Waals surface area contributed by atoms with E-state index in [9.17, 15) is 24.5 Å². The van der Waals surface area contributed by atoms with Gasteiger partial charge in [-0.15, -0.1) is 11.8 Å². The summed E-state index contributed by atoms with van der Waals surface area (Å²) >= 11 is 2.20. The summed E-state index contributed by atoms with van der Waals surface area (Å²) in [5.41, 5.74) is 0.588. The SMILES string of the molecule is COc1ccc(-c2ccc(/C=C3/SC(=O)N(CC(=O)Nc4cccc(SC)c4)C3=O)o2)c([N+](=O)[O-])c1. The lowest BCUT2D eigenvalue weighted by Gasteiger charge is -2.12. The van der Waals surface area contributed by atoms with Crippen LogP contribution < -0.4 is 10.1 Å². The predicted octanol–water partition coefficient (Wildman–Crippen LogP) is 5.26. The Morgan fingerprint density at radius 2 is 2.03 bits per heavy atom. The first-order chi connectivity index (χ1) is 17.3. The molecule has 3 aromatic rings. The number of benzene rings is 2. The van der Waals surface area contributed by atoms with Gasteiger partial charge in [0.2, 0.25) is 5.91 Å². The maximum Gasteiger partial charge on any atom is 0.294 e. The second kappa shape index (κ2) is 10.7. The first-order valence-corrected chi connectivity index (χ1v) is 12.4. The molecule has 3 amide bonds. The van der Waals surface area contributed by atoms with Crippen molar-refractivity contribution in [1.29, 1.82) is 0 Å². The highest BCUT2D eigenvalue weighted by Gasteiger charge is 2.36. The number of amides is 3. The zero-order valence-electron chi connectivity index (χ0n) is 19.0. The number of carbonyl (C=O) groups excluding carboxylic acids is 3. The molecule has 0 aliphatic carbocycles. The van der Waals surface area contributed by atoms with Crippen LogP contribution in [0.2, 0.25) is 0 Å². The number of nitrogens with zero attached hydrogens (tertiary/aromatic N) is 2. The standard InChI is InChI=1S/C24H19N3O7S2/c1-33-15-6-8-18(19(11-15)27(31)32)20-9-7-16(34-20)12-21-23(29)26(24(30)36-21)13-22(28)25-14-4-3-5-17(10-14)35-2/h3-12H,13H2,1-2H3,(H,25,28)/b21-12+. The number of hydrogen-bond donors (Lipinski definition) is 1. The van der Waals surface area contributed by atoms with Crippen molar-refractivity contribution in [1.82, 2.24) is 4.90 Å². The van der Waals surface area contributed by atoms with E-state index < -0.39 is 28.5 Å². The molecular formula is C24H19N3O7S2. The summed E-state index contributed by atoms with van der Waals surface area (Å²) in [4.78, 5) is 50.4. The summed E-state index contributed by atoms with van der Waals surface area (Å²) in [5, 5.41) is 13.6. The van der Waals surface area contributed by atoms with Crippen LogP contribution in [0, 0.1) is 10.1 Å². The number of imide groups is 1. The fraction of sp³-hybridized carbons (Fsp3) is 0.125. The molecule has 12 heteroatoms. The lowest BCUT2D eigenvalue weighted by molar-refractivity contribution is -0.384. The number of ether oxygens (including phenoxy) is 1. The average molecular weight is 526 g/mol. The Hall–Kier alpha value is -4.03. The summed E-state index contributed by atoms with van der Waals surface area (Å²) in [7, 11) is 1.41. The summed E-state index contributed by atoms with van der Waals surface area (Å²) < 4.78 is 10.7. The van der Waals surface area contributed by atoms with Gasteiger partial charge in [-0.3, -0.25) is 29.4 Å². The number of methoxy groups -OCH3 is 1. The molecule has 1 aliphatic rings. The zero-order chi connectivity index (χ0) is 25.8. The van der Waals surface area contributed by atoms with Crippen LogP contribution >= 0.6 is 23.5 Å². The Kier molecular flexibility index (Phi) is 7.46. The summed E-state index contributed by atoms with van der Waals surface area (Å²) in [6, 6.07) is 14.6. The van der Waals surface area contributed by atoms with Crippen LogP contribution in [0.25, 0.3) is 17.4 Å². The monoisotopic (exact) mass is 525 g/mol. The van der Waals surface area contributed by atoms with Crippen molar-refractivity contribution in [2.45, 2.75) is 4.90 Å². The molecule has 2 aromatic carbocycles. The van der Waals surface area contributed by atoms with E-state index in [1.165, 1.54) is 49.2 Å². The summed E-state index contributed by atoms with van der Waals surface area (Å²) in [6.45, 7) is -0.438. The molecule has 0 atom stereocenters. The van der Waals surface area contributed by atoms with E-state index >= 15 is 0 Å². The molecule has 0 spiro atoms. The molecule has 1 saturated heterocycles. The number of carbonyl (C=O) groups is 3. The Morgan fingerprint density at radius 1 is 1.22 bits per heavy atom. The minimum atomic E-state index is -0.633. The quantitative estimate of drug-likeness (QED) is 0.181. The van der Waals surface area contributed by atoms with Crippen LogP contribution in [-0.2, 0) is 9.59 Å². The number of nitrogens with one attached hydrogen (secondary N) is 1. The van der Waals surface area contributed by atoms with Crippen molar-refractivity contribution in [2.24, 2.45) is 0 Å². The Bertz CT molecular complexity index is 1400. The third kappa shape index (κ3) is 5.44. The fourth-order valence-corrected chi connectivity index (χ4v) is 4.66. The maximum absolute atomic E-state index is 12.8. The van der Waals surface area contributed by atoms with Gasteiger partial charge in [-0.1, -0.05) is 6.07 Å². The number of rotatable bonds is 8. The third-order valence-electron chi connectivity index (χ3n) is 5.10. The highest BCUT2D eigenvalue weighted by molar-refractivity contribution is 8.18. The van der Waals surface area contributed by atoms with E-state index in [4.69, 9.17) is 9.15 Å². The van der Waals surface area contributed by atoms with Gasteiger partial charge in [0.1, 0.15) is 23.8 Å². The smallest absolute Gasteiger partial charge is 0.294 e. The molecular weight excluding hydrogens is 506 g/mol. The van der Waals surface area contributed by atoms with Crippen LogP contribution in [0.1, 0.15) is 5.76 Å². The minimum absolute atomic E-state index is 0.0716. The molecule has 1 aromatic heterocycles. The molecule has 0 unspecified atom stereocenters. The molecule has 0 bridgehead atoms. The summed E-state index contributed by atoms with van der Waals surface area (Å²) in [6.07, 6.45) is 3.28. The highest BCUT2D eigenvalue weighted by atomic mass is 32.2. The van der Waals surface area contributed by atoms with E-state index in [2.05, 4.69) is 5.32 Å². The summed E-state index contributed by atoms with van der Waals surface area (Å²) in [5.74, 6) is -0.386. The molecule has 10 nitrogen and oxygen atoms in total. The van der Waals surface area contributed by atoms with Gasteiger partial charge >= 0.3 is 0 Å². The molecule has 4 rings (SSSR count). The molecule has 0 radical (unpaired) electrons. The molecule has 2 heterocycles. The van der Waals surface area contributed by atoms with Crippen molar-refractivity contribution in [3.63, 3.8) is 0 Å². The van der Waals surface area contributed by atoms with E-state index in [0.29, 0.717) is 23.2 Å². The van der Waals surface area contributed by atoms with E-state index in [-0.39, 0.29) is 27.7 Å². The van der Waals surface area contributed by atoms with Gasteiger partial charge in [0, 0.05) is 16.7 Å². The van der Waals surface area contributed by atoms with Gasteiger partial charge in [-0.25, -0.2) is 0 Å². The number of furan rings is 1. The molecule has 1 N–H and O–H groups in total. The first kappa shape index (κ1) is 25.1. The molecule has 0 saturated carbocycles. The molecule has 1 fully saturated rings. The highest BCUT2D eigenvalue weighted by Crippen LogP contribution is 2.36. The molecule has 1 aliphatic heterocycles. The van der Waals surface area contributed by atoms with Crippen LogP contribution in [0.5, 0.6) is 5.75 Å². The first-order valence-electron chi connectivity index (χ1n) is 10.4. The van der Waals surface area contributed by atoms with Gasteiger partial charge in [0.05, 0.1) is 28.6 Å². The van der Waals surface area contributed by atoms with Gasteiger partial charge in [-0.05, 0) is 60.5 Å². The van der Waals surface area contributed by atoms with Gasteiger partial charge in [-0.2, -0.15) is 0 Å². The number of nitro benzene ring substituents is 1. The van der Waals surface area contributed by atoms with Gasteiger partial charge in [0.25, 0.3) is 16.8 Å². The largest absolute Gasteiger partial charge is 0.497 e.